The minimum absolute atomic E-state index is 0.217. The smallest absolute Gasteiger partial charge is 0.202 e. The number of aliphatic hydroxyl groups excluding tert-OH is 3. The van der Waals surface area contributed by atoms with Crippen molar-refractivity contribution in [3.05, 3.63) is 0 Å². The van der Waals surface area contributed by atoms with Gasteiger partial charge in [0.05, 0.1) is 0 Å². The highest BCUT2D eigenvalue weighted by Gasteiger charge is 1.84. The number of hydrogen-bond donors (Lipinski definition) is 3. The lowest BCUT2D eigenvalue weighted by Crippen LogP contribution is -1.94. The van der Waals surface area contributed by atoms with E-state index in [2.05, 4.69) is 35.5 Å². The zero-order chi connectivity index (χ0) is 19.7. The molecule has 3 atom stereocenters. The summed E-state index contributed by atoms with van der Waals surface area (Å²) >= 11 is 0. The third-order valence-corrected chi connectivity index (χ3v) is 1.37. The van der Waals surface area contributed by atoms with Crippen molar-refractivity contribution in [1.29, 1.82) is 0 Å². The number of carbonyl (C=O) groups is 3. The van der Waals surface area contributed by atoms with Crippen molar-refractivity contribution in [2.45, 2.75) is 59.9 Å². The minimum atomic E-state index is -0.695. The summed E-state index contributed by atoms with van der Waals surface area (Å²) in [5.74, 6) is 12.9. The Bertz CT molecular complexity index is 495. The number of aliphatic hydroxyl groups is 3. The van der Waals surface area contributed by atoms with Crippen LogP contribution in [0.1, 0.15) is 41.5 Å². The van der Waals surface area contributed by atoms with Gasteiger partial charge in [0.25, 0.3) is 0 Å². The van der Waals surface area contributed by atoms with Gasteiger partial charge in [-0.1, -0.05) is 17.8 Å². The maximum Gasteiger partial charge on any atom is 0.202 e. The Balaban J connectivity index is -0.000000276. The molecule has 3 unspecified atom stereocenters. The molecule has 0 saturated heterocycles. The van der Waals surface area contributed by atoms with E-state index in [1.54, 1.807) is 0 Å². The average molecular weight is 336 g/mol. The van der Waals surface area contributed by atoms with Gasteiger partial charge >= 0.3 is 0 Å². The van der Waals surface area contributed by atoms with E-state index in [0.29, 0.717) is 0 Å². The molecule has 6 nitrogen and oxygen atoms in total. The summed E-state index contributed by atoms with van der Waals surface area (Å²) in [5.41, 5.74) is 0. The molecule has 0 aromatic heterocycles. The first-order valence-corrected chi connectivity index (χ1v) is 6.99. The molecule has 0 aliphatic heterocycles. The van der Waals surface area contributed by atoms with Crippen molar-refractivity contribution < 1.29 is 29.7 Å². The Morgan fingerprint density at radius 2 is 0.750 bits per heavy atom. The molecule has 0 fully saturated rings. The fourth-order valence-corrected chi connectivity index (χ4v) is 0.618. The summed E-state index contributed by atoms with van der Waals surface area (Å²) in [6.07, 6.45) is -2.09. The Morgan fingerprint density at radius 1 is 0.583 bits per heavy atom. The molecule has 0 bridgehead atoms. The highest BCUT2D eigenvalue weighted by Crippen LogP contribution is 1.73. The van der Waals surface area contributed by atoms with Gasteiger partial charge in [-0.2, -0.15) is 0 Å². The SMILES string of the molecule is CC(=O)C#CC(C)O.CC(=O)C#CC(C)O.CC(=O)C#CC(C)O. The van der Waals surface area contributed by atoms with Crippen LogP contribution in [-0.4, -0.2) is 51.0 Å². The van der Waals surface area contributed by atoms with Gasteiger partial charge in [0, 0.05) is 20.8 Å². The van der Waals surface area contributed by atoms with Gasteiger partial charge in [0.1, 0.15) is 18.3 Å². The van der Waals surface area contributed by atoms with Crippen molar-refractivity contribution in [2.24, 2.45) is 0 Å². The van der Waals surface area contributed by atoms with Crippen LogP contribution >= 0.6 is 0 Å². The lowest BCUT2D eigenvalue weighted by Gasteiger charge is -1.83. The molecule has 132 valence electrons. The Morgan fingerprint density at radius 3 is 0.792 bits per heavy atom. The van der Waals surface area contributed by atoms with E-state index in [1.165, 1.54) is 41.5 Å². The maximum absolute atomic E-state index is 10.1. The summed E-state index contributed by atoms with van der Waals surface area (Å²) in [6.45, 7) is 8.60. The molecule has 0 spiro atoms. The van der Waals surface area contributed by atoms with Crippen LogP contribution in [-0.2, 0) is 14.4 Å². The lowest BCUT2D eigenvalue weighted by atomic mass is 10.4. The van der Waals surface area contributed by atoms with Crippen molar-refractivity contribution in [1.82, 2.24) is 0 Å². The van der Waals surface area contributed by atoms with Gasteiger partial charge in [-0.25, -0.2) is 0 Å². The second-order valence-electron chi connectivity index (χ2n) is 4.50. The van der Waals surface area contributed by atoms with Crippen LogP contribution in [0.2, 0.25) is 0 Å². The van der Waals surface area contributed by atoms with Gasteiger partial charge in [-0.3, -0.25) is 14.4 Å². The van der Waals surface area contributed by atoms with Crippen LogP contribution in [0.25, 0.3) is 0 Å². The zero-order valence-corrected chi connectivity index (χ0v) is 14.8. The predicted octanol–water partition coefficient (Wildman–Crippen LogP) is -0.121. The van der Waals surface area contributed by atoms with Gasteiger partial charge in [-0.05, 0) is 38.5 Å². The molecule has 3 N–H and O–H groups in total. The maximum atomic E-state index is 10.1. The van der Waals surface area contributed by atoms with Crippen LogP contribution in [0.3, 0.4) is 0 Å². The molecule has 6 heteroatoms. The van der Waals surface area contributed by atoms with E-state index in [0.717, 1.165) is 0 Å². The summed E-state index contributed by atoms with van der Waals surface area (Å²) < 4.78 is 0. The predicted molar refractivity (Wildman–Crippen MR) is 90.4 cm³/mol. The summed E-state index contributed by atoms with van der Waals surface area (Å²) in [5, 5.41) is 25.4. The second kappa shape index (κ2) is 16.9. The number of carbonyl (C=O) groups excluding carboxylic acids is 3. The first-order chi connectivity index (χ1) is 10.9. The number of Topliss-reactive ketones (excluding diaryl/α,β-unsaturated/α-hetero) is 3. The normalized spacial score (nSPS) is 11.4. The molecule has 0 amide bonds. The molecule has 0 heterocycles. The first-order valence-electron chi connectivity index (χ1n) is 6.99. The molecule has 0 aliphatic rings. The third-order valence-electron chi connectivity index (χ3n) is 1.37. The van der Waals surface area contributed by atoms with Crippen molar-refractivity contribution >= 4 is 17.3 Å². The zero-order valence-electron chi connectivity index (χ0n) is 14.8. The quantitative estimate of drug-likeness (QED) is 0.420. The number of hydrogen-bond acceptors (Lipinski definition) is 6. The van der Waals surface area contributed by atoms with Crippen molar-refractivity contribution in [3.63, 3.8) is 0 Å². The summed E-state index contributed by atoms with van der Waals surface area (Å²) in [4.78, 5) is 30.2. The molecule has 0 aromatic rings. The molecular weight excluding hydrogens is 312 g/mol. The van der Waals surface area contributed by atoms with E-state index < -0.39 is 18.3 Å². The fourth-order valence-electron chi connectivity index (χ4n) is 0.618. The topological polar surface area (TPSA) is 112 Å². The Labute approximate surface area is 143 Å². The average Bonchev–Trinajstić information content (AvgIpc) is 2.42. The number of rotatable bonds is 0. The van der Waals surface area contributed by atoms with Crippen LogP contribution in [0.4, 0.5) is 0 Å². The van der Waals surface area contributed by atoms with E-state index in [4.69, 9.17) is 15.3 Å². The van der Waals surface area contributed by atoms with Crippen LogP contribution in [0, 0.1) is 35.5 Å². The highest BCUT2D eigenvalue weighted by molar-refractivity contribution is 5.94. The number of ketones is 3. The highest BCUT2D eigenvalue weighted by atomic mass is 16.3. The van der Waals surface area contributed by atoms with Crippen molar-refractivity contribution in [3.8, 4) is 35.5 Å². The standard InChI is InChI=1S/3C6H8O2/c3*1-5(7)3-4-6(2)8/h3*5,7H,1-2H3. The van der Waals surface area contributed by atoms with E-state index >= 15 is 0 Å². The van der Waals surface area contributed by atoms with Crippen molar-refractivity contribution in [2.75, 3.05) is 0 Å². The lowest BCUT2D eigenvalue weighted by molar-refractivity contribution is -0.112. The van der Waals surface area contributed by atoms with Gasteiger partial charge in [0.2, 0.25) is 17.3 Å². The van der Waals surface area contributed by atoms with Crippen LogP contribution < -0.4 is 0 Å². The fraction of sp³-hybridized carbons (Fsp3) is 0.500. The molecule has 0 rings (SSSR count). The minimum Gasteiger partial charge on any atom is -0.381 e. The van der Waals surface area contributed by atoms with E-state index in [-0.39, 0.29) is 17.3 Å². The van der Waals surface area contributed by atoms with Gasteiger partial charge in [-0.15, -0.1) is 0 Å². The second-order valence-corrected chi connectivity index (χ2v) is 4.50. The Kier molecular flexibility index (Phi) is 18.7. The Hall–Kier alpha value is -2.43. The first kappa shape index (κ1) is 26.5. The van der Waals surface area contributed by atoms with Crippen LogP contribution in [0.5, 0.6) is 0 Å². The third kappa shape index (κ3) is 42.7. The van der Waals surface area contributed by atoms with Gasteiger partial charge in [0.15, 0.2) is 0 Å². The monoisotopic (exact) mass is 336 g/mol. The summed E-state index contributed by atoms with van der Waals surface area (Å²) in [7, 11) is 0. The molecule has 24 heavy (non-hydrogen) atoms. The van der Waals surface area contributed by atoms with E-state index in [9.17, 15) is 14.4 Å². The largest absolute Gasteiger partial charge is 0.381 e. The van der Waals surface area contributed by atoms with Gasteiger partial charge < -0.3 is 15.3 Å². The van der Waals surface area contributed by atoms with Crippen LogP contribution in [0.15, 0.2) is 0 Å². The molecule has 0 radical (unpaired) electrons. The summed E-state index contributed by atoms with van der Waals surface area (Å²) in [6, 6.07) is 0. The molecular formula is C18H24O6. The molecule has 0 saturated carbocycles. The van der Waals surface area contributed by atoms with E-state index in [1.807, 2.05) is 0 Å². The molecule has 0 aromatic carbocycles. The molecule has 0 aliphatic carbocycles.